The lowest BCUT2D eigenvalue weighted by Gasteiger charge is -2.11. The zero-order chi connectivity index (χ0) is 13.1. The minimum absolute atomic E-state index is 0.248. The van der Waals surface area contributed by atoms with Gasteiger partial charge < -0.3 is 10.5 Å². The van der Waals surface area contributed by atoms with Crippen molar-refractivity contribution in [2.45, 2.75) is 20.4 Å². The van der Waals surface area contributed by atoms with E-state index in [2.05, 4.69) is 6.07 Å². The second-order valence-corrected chi connectivity index (χ2v) is 4.38. The number of rotatable bonds is 3. The molecule has 0 spiro atoms. The first-order valence-corrected chi connectivity index (χ1v) is 5.83. The van der Waals surface area contributed by atoms with Gasteiger partial charge in [0.05, 0.1) is 0 Å². The predicted octanol–water partition coefficient (Wildman–Crippen LogP) is 3.69. The normalized spacial score (nSPS) is 10.4. The molecule has 2 aromatic rings. The van der Waals surface area contributed by atoms with Crippen LogP contribution in [0.15, 0.2) is 36.4 Å². The molecule has 0 saturated heterocycles. The van der Waals surface area contributed by atoms with Crippen LogP contribution in [0.3, 0.4) is 0 Å². The smallest absolute Gasteiger partial charge is 0.132 e. The van der Waals surface area contributed by atoms with E-state index in [1.54, 1.807) is 6.07 Å². The van der Waals surface area contributed by atoms with Gasteiger partial charge in [-0.1, -0.05) is 6.07 Å². The van der Waals surface area contributed by atoms with Crippen molar-refractivity contribution in [2.75, 3.05) is 0 Å². The molecule has 0 bridgehead atoms. The summed E-state index contributed by atoms with van der Waals surface area (Å²) in [6.07, 6.45) is 0. The molecule has 0 amide bonds. The molecule has 0 atom stereocenters. The lowest BCUT2D eigenvalue weighted by Crippen LogP contribution is -2.00. The molecule has 0 saturated carbocycles. The highest BCUT2D eigenvalue weighted by molar-refractivity contribution is 5.40. The lowest BCUT2D eigenvalue weighted by molar-refractivity contribution is 0.473. The molecule has 0 unspecified atom stereocenters. The monoisotopic (exact) mass is 245 g/mol. The van der Waals surface area contributed by atoms with Crippen molar-refractivity contribution in [3.63, 3.8) is 0 Å². The molecule has 0 aliphatic heterocycles. The Morgan fingerprint density at radius 2 is 1.72 bits per heavy atom. The number of aryl methyl sites for hydroxylation is 2. The van der Waals surface area contributed by atoms with Crippen LogP contribution in [0.2, 0.25) is 0 Å². The Hall–Kier alpha value is -1.87. The summed E-state index contributed by atoms with van der Waals surface area (Å²) in [5.41, 5.74) is 8.50. The third kappa shape index (κ3) is 2.87. The van der Waals surface area contributed by atoms with Crippen LogP contribution in [0.5, 0.6) is 11.5 Å². The summed E-state index contributed by atoms with van der Waals surface area (Å²) in [5, 5.41) is 0. The third-order valence-corrected chi connectivity index (χ3v) is 2.67. The number of benzene rings is 2. The molecule has 18 heavy (non-hydrogen) atoms. The van der Waals surface area contributed by atoms with E-state index >= 15 is 0 Å². The summed E-state index contributed by atoms with van der Waals surface area (Å²) >= 11 is 0. The molecule has 2 rings (SSSR count). The second-order valence-electron chi connectivity index (χ2n) is 4.38. The lowest BCUT2D eigenvalue weighted by atomic mass is 10.1. The maximum Gasteiger partial charge on any atom is 0.132 e. The molecule has 2 aromatic carbocycles. The molecule has 3 heteroatoms. The van der Waals surface area contributed by atoms with Crippen molar-refractivity contribution in [3.05, 3.63) is 58.9 Å². The SMILES string of the molecule is Cc1cc(C)cc(Oc2ccc(F)cc2CN)c1. The Kier molecular flexibility index (Phi) is 3.63. The van der Waals surface area contributed by atoms with Gasteiger partial charge in [-0.3, -0.25) is 0 Å². The van der Waals surface area contributed by atoms with Crippen LogP contribution in [0.25, 0.3) is 0 Å². The van der Waals surface area contributed by atoms with Crippen molar-refractivity contribution in [1.29, 1.82) is 0 Å². The van der Waals surface area contributed by atoms with Crippen LogP contribution in [0.4, 0.5) is 4.39 Å². The molecule has 94 valence electrons. The molecule has 2 nitrogen and oxygen atoms in total. The Balaban J connectivity index is 2.33. The van der Waals surface area contributed by atoms with Crippen LogP contribution in [0, 0.1) is 19.7 Å². The topological polar surface area (TPSA) is 35.2 Å². The second kappa shape index (κ2) is 5.19. The average Bonchev–Trinajstić information content (AvgIpc) is 2.30. The third-order valence-electron chi connectivity index (χ3n) is 2.67. The first kappa shape index (κ1) is 12.6. The van der Waals surface area contributed by atoms with Crippen LogP contribution in [-0.4, -0.2) is 0 Å². The minimum Gasteiger partial charge on any atom is -0.457 e. The van der Waals surface area contributed by atoms with Gasteiger partial charge in [0.1, 0.15) is 17.3 Å². The van der Waals surface area contributed by atoms with Crippen molar-refractivity contribution in [2.24, 2.45) is 5.73 Å². The fourth-order valence-electron chi connectivity index (χ4n) is 1.93. The quantitative estimate of drug-likeness (QED) is 0.895. The fourth-order valence-corrected chi connectivity index (χ4v) is 1.93. The van der Waals surface area contributed by atoms with E-state index in [1.807, 2.05) is 26.0 Å². The first-order chi connectivity index (χ1) is 8.58. The van der Waals surface area contributed by atoms with Gasteiger partial charge in [-0.05, 0) is 55.3 Å². The molecular weight excluding hydrogens is 229 g/mol. The van der Waals surface area contributed by atoms with Gasteiger partial charge in [0.15, 0.2) is 0 Å². The molecule has 0 aliphatic rings. The highest BCUT2D eigenvalue weighted by Gasteiger charge is 2.06. The summed E-state index contributed by atoms with van der Waals surface area (Å²) in [4.78, 5) is 0. The summed E-state index contributed by atoms with van der Waals surface area (Å²) < 4.78 is 18.9. The summed E-state index contributed by atoms with van der Waals surface area (Å²) in [6.45, 7) is 4.26. The number of halogens is 1. The van der Waals surface area contributed by atoms with Gasteiger partial charge in [0.25, 0.3) is 0 Å². The van der Waals surface area contributed by atoms with E-state index in [4.69, 9.17) is 10.5 Å². The number of hydrogen-bond donors (Lipinski definition) is 1. The Labute approximate surface area is 106 Å². The van der Waals surface area contributed by atoms with E-state index in [0.29, 0.717) is 11.3 Å². The molecule has 0 aliphatic carbocycles. The molecule has 0 radical (unpaired) electrons. The predicted molar refractivity (Wildman–Crippen MR) is 70.3 cm³/mol. The average molecular weight is 245 g/mol. The highest BCUT2D eigenvalue weighted by Crippen LogP contribution is 2.27. The van der Waals surface area contributed by atoms with Crippen molar-refractivity contribution < 1.29 is 9.13 Å². The van der Waals surface area contributed by atoms with E-state index in [0.717, 1.165) is 16.9 Å². The maximum absolute atomic E-state index is 13.1. The number of nitrogens with two attached hydrogens (primary N) is 1. The summed E-state index contributed by atoms with van der Waals surface area (Å²) in [7, 11) is 0. The van der Waals surface area contributed by atoms with E-state index in [-0.39, 0.29) is 12.4 Å². The highest BCUT2D eigenvalue weighted by atomic mass is 19.1. The zero-order valence-corrected chi connectivity index (χ0v) is 10.5. The fraction of sp³-hybridized carbons (Fsp3) is 0.200. The Morgan fingerprint density at radius 3 is 2.33 bits per heavy atom. The van der Waals surface area contributed by atoms with Gasteiger partial charge in [0.2, 0.25) is 0 Å². The van der Waals surface area contributed by atoms with Crippen LogP contribution in [-0.2, 0) is 6.54 Å². The Bertz CT molecular complexity index is 546. The summed E-state index contributed by atoms with van der Waals surface area (Å²) in [6, 6.07) is 10.3. The Morgan fingerprint density at radius 1 is 1.06 bits per heavy atom. The minimum atomic E-state index is -0.303. The standard InChI is InChI=1S/C15H16FNO/c1-10-5-11(2)7-14(6-10)18-15-4-3-13(16)8-12(15)9-17/h3-8H,9,17H2,1-2H3. The summed E-state index contributed by atoms with van der Waals surface area (Å²) in [5.74, 6) is 1.04. The van der Waals surface area contributed by atoms with Crippen LogP contribution in [0.1, 0.15) is 16.7 Å². The molecule has 0 fully saturated rings. The van der Waals surface area contributed by atoms with Gasteiger partial charge in [-0.2, -0.15) is 0 Å². The van der Waals surface area contributed by atoms with Crippen molar-refractivity contribution in [1.82, 2.24) is 0 Å². The van der Waals surface area contributed by atoms with Gasteiger partial charge >= 0.3 is 0 Å². The number of hydrogen-bond acceptors (Lipinski definition) is 2. The maximum atomic E-state index is 13.1. The van der Waals surface area contributed by atoms with Crippen LogP contribution < -0.4 is 10.5 Å². The number of ether oxygens (including phenoxy) is 1. The molecular formula is C15H16FNO. The van der Waals surface area contributed by atoms with Crippen molar-refractivity contribution >= 4 is 0 Å². The van der Waals surface area contributed by atoms with Gasteiger partial charge in [-0.15, -0.1) is 0 Å². The first-order valence-electron chi connectivity index (χ1n) is 5.83. The van der Waals surface area contributed by atoms with Gasteiger partial charge in [0, 0.05) is 12.1 Å². The van der Waals surface area contributed by atoms with E-state index in [1.165, 1.54) is 12.1 Å². The van der Waals surface area contributed by atoms with Crippen LogP contribution >= 0.6 is 0 Å². The zero-order valence-electron chi connectivity index (χ0n) is 10.5. The van der Waals surface area contributed by atoms with Crippen molar-refractivity contribution in [3.8, 4) is 11.5 Å². The molecule has 0 heterocycles. The largest absolute Gasteiger partial charge is 0.457 e. The van der Waals surface area contributed by atoms with Gasteiger partial charge in [-0.25, -0.2) is 4.39 Å². The van der Waals surface area contributed by atoms with E-state index in [9.17, 15) is 4.39 Å². The van der Waals surface area contributed by atoms with E-state index < -0.39 is 0 Å². The molecule has 0 aromatic heterocycles. The molecule has 2 N–H and O–H groups in total.